The number of hydrogen-bond donors (Lipinski definition) is 0. The third-order valence-corrected chi connectivity index (χ3v) is 4.82. The Bertz CT molecular complexity index is 1600. The number of benzene rings is 3. The molecule has 0 spiro atoms. The lowest BCUT2D eigenvalue weighted by Gasteiger charge is -2.17. The van der Waals surface area contributed by atoms with Crippen LogP contribution in [0.5, 0.6) is 0 Å². The standard InChI is InChI=1S/C28H27N/c1-18-11-12-24(19(2)13-18)25-14-21(4)26(15-20(25)3)27-16-28(29-17-22(27)5)23-9-7-6-8-10-23/h6-17H,1-5H3/i1D3,2D,3D3,4D3,5D3. The molecule has 1 heterocycles. The van der Waals surface area contributed by atoms with Gasteiger partial charge in [0, 0.05) is 29.6 Å². The lowest BCUT2D eigenvalue weighted by atomic mass is 9.88. The fourth-order valence-electron chi connectivity index (χ4n) is 3.35. The molecule has 1 heteroatoms. The van der Waals surface area contributed by atoms with Crippen LogP contribution in [0.2, 0.25) is 0 Å². The summed E-state index contributed by atoms with van der Waals surface area (Å²) < 4.78 is 105. The van der Waals surface area contributed by atoms with Gasteiger partial charge in [-0.05, 0) is 84.9 Å². The highest BCUT2D eigenvalue weighted by molar-refractivity contribution is 5.80. The first-order valence-electron chi connectivity index (χ1n) is 15.7. The van der Waals surface area contributed by atoms with Crippen molar-refractivity contribution < 1.29 is 17.8 Å². The van der Waals surface area contributed by atoms with Crippen molar-refractivity contribution in [2.75, 3.05) is 0 Å². The first kappa shape index (κ1) is 9.09. The molecule has 0 saturated heterocycles. The molecule has 144 valence electrons. The van der Waals surface area contributed by atoms with Crippen LogP contribution in [0.1, 0.15) is 45.6 Å². The zero-order chi connectivity index (χ0) is 31.3. The molecular weight excluding hydrogens is 350 g/mol. The van der Waals surface area contributed by atoms with Gasteiger partial charge in [0.1, 0.15) is 0 Å². The largest absolute Gasteiger partial charge is 0.256 e. The maximum absolute atomic E-state index is 8.33. The molecule has 3 aromatic carbocycles. The number of pyridine rings is 1. The summed E-state index contributed by atoms with van der Waals surface area (Å²) in [6.45, 7) is -11.1. The van der Waals surface area contributed by atoms with E-state index < -0.39 is 34.3 Å². The van der Waals surface area contributed by atoms with Gasteiger partial charge in [0.15, 0.2) is 0 Å². The molecule has 4 aromatic rings. The molecule has 0 aliphatic carbocycles. The zero-order valence-electron chi connectivity index (χ0n) is 28.6. The smallest absolute Gasteiger partial charge is 0.0708 e. The minimum atomic E-state index is -2.81. The lowest BCUT2D eigenvalue weighted by Crippen LogP contribution is -1.95. The second kappa shape index (κ2) is 7.67. The van der Waals surface area contributed by atoms with Gasteiger partial charge >= 0.3 is 0 Å². The average molecular weight is 391 g/mol. The number of hydrogen-bond acceptors (Lipinski definition) is 1. The summed E-state index contributed by atoms with van der Waals surface area (Å²) in [5.74, 6) is 0. The molecule has 0 N–H and O–H groups in total. The number of rotatable bonds is 3. The fourth-order valence-corrected chi connectivity index (χ4v) is 3.35. The Morgan fingerprint density at radius 3 is 2.03 bits per heavy atom. The second-order valence-corrected chi connectivity index (χ2v) is 6.80. The summed E-state index contributed by atoms with van der Waals surface area (Å²) in [5, 5.41) is 0. The Balaban J connectivity index is 2.12. The topological polar surface area (TPSA) is 12.9 Å². The molecule has 0 bridgehead atoms. The van der Waals surface area contributed by atoms with E-state index in [0.29, 0.717) is 11.3 Å². The van der Waals surface area contributed by atoms with Crippen LogP contribution in [0.25, 0.3) is 33.5 Å². The minimum Gasteiger partial charge on any atom is -0.256 e. The van der Waals surface area contributed by atoms with E-state index in [9.17, 15) is 0 Å². The summed E-state index contributed by atoms with van der Waals surface area (Å²) in [7, 11) is 0. The van der Waals surface area contributed by atoms with Crippen molar-refractivity contribution in [1.82, 2.24) is 4.98 Å². The van der Waals surface area contributed by atoms with E-state index in [2.05, 4.69) is 4.98 Å². The van der Waals surface area contributed by atoms with Gasteiger partial charge in [0.25, 0.3) is 0 Å². The van der Waals surface area contributed by atoms with Crippen LogP contribution in [0.4, 0.5) is 0 Å². The van der Waals surface area contributed by atoms with E-state index in [1.165, 1.54) is 36.4 Å². The molecule has 4 rings (SSSR count). The molecule has 0 aliphatic rings. The van der Waals surface area contributed by atoms with Crippen LogP contribution < -0.4 is 0 Å². The van der Waals surface area contributed by atoms with Crippen molar-refractivity contribution in [2.45, 2.75) is 34.3 Å². The Morgan fingerprint density at radius 1 is 0.621 bits per heavy atom. The van der Waals surface area contributed by atoms with Crippen LogP contribution in [-0.4, -0.2) is 4.98 Å². The third kappa shape index (κ3) is 3.73. The molecule has 0 amide bonds. The van der Waals surface area contributed by atoms with Gasteiger partial charge in [-0.1, -0.05) is 66.2 Å². The predicted molar refractivity (Wildman–Crippen MR) is 124 cm³/mol. The van der Waals surface area contributed by atoms with E-state index in [1.54, 1.807) is 30.3 Å². The lowest BCUT2D eigenvalue weighted by molar-refractivity contribution is 1.26. The van der Waals surface area contributed by atoms with E-state index in [0.717, 1.165) is 6.20 Å². The van der Waals surface area contributed by atoms with Crippen molar-refractivity contribution in [3.8, 4) is 33.5 Å². The van der Waals surface area contributed by atoms with Gasteiger partial charge in [0.2, 0.25) is 0 Å². The fraction of sp³-hybridized carbons (Fsp3) is 0.179. The Hall–Kier alpha value is -3.19. The zero-order valence-corrected chi connectivity index (χ0v) is 15.6. The molecule has 0 atom stereocenters. The quantitative estimate of drug-likeness (QED) is 0.350. The maximum Gasteiger partial charge on any atom is 0.0708 e. The number of aryl methyl sites for hydroxylation is 5. The third-order valence-electron chi connectivity index (χ3n) is 4.82. The minimum absolute atomic E-state index is 0.00279. The molecule has 29 heavy (non-hydrogen) atoms. The average Bonchev–Trinajstić information content (AvgIpc) is 2.90. The second-order valence-electron chi connectivity index (χ2n) is 6.80. The summed E-state index contributed by atoms with van der Waals surface area (Å²) in [5.41, 5.74) is 0.487. The SMILES string of the molecule is [2H]Cc1cc(C([2H])([2H])[2H])ccc1-c1cc(C([2H])([2H])[2H])c(-c2cc(-c3ccccc3)ncc2C([2H])([2H])[2H])cc1C([2H])([2H])[2H]. The van der Waals surface area contributed by atoms with Crippen molar-refractivity contribution in [2.24, 2.45) is 0 Å². The normalized spacial score (nSPS) is 19.2. The summed E-state index contributed by atoms with van der Waals surface area (Å²) in [4.78, 5) is 4.30. The van der Waals surface area contributed by atoms with Gasteiger partial charge in [-0.3, -0.25) is 4.98 Å². The molecule has 1 aromatic heterocycles. The van der Waals surface area contributed by atoms with Gasteiger partial charge in [-0.2, -0.15) is 0 Å². The van der Waals surface area contributed by atoms with E-state index >= 15 is 0 Å². The molecule has 0 saturated carbocycles. The highest BCUT2D eigenvalue weighted by atomic mass is 14.7. The van der Waals surface area contributed by atoms with Crippen LogP contribution in [0.3, 0.4) is 0 Å². The van der Waals surface area contributed by atoms with E-state index in [4.69, 9.17) is 17.8 Å². The van der Waals surface area contributed by atoms with Gasteiger partial charge in [-0.25, -0.2) is 0 Å². The molecule has 0 aliphatic heterocycles. The van der Waals surface area contributed by atoms with Crippen molar-refractivity contribution >= 4 is 0 Å². The predicted octanol–water partition coefficient (Wildman–Crippen LogP) is 7.62. The van der Waals surface area contributed by atoms with Crippen LogP contribution in [0.15, 0.2) is 72.9 Å². The monoisotopic (exact) mass is 390 g/mol. The molecule has 0 fully saturated rings. The highest BCUT2D eigenvalue weighted by Crippen LogP contribution is 2.35. The number of aromatic nitrogens is 1. The van der Waals surface area contributed by atoms with E-state index in [1.807, 2.05) is 0 Å². The summed E-state index contributed by atoms with van der Waals surface area (Å²) >= 11 is 0. The van der Waals surface area contributed by atoms with Crippen LogP contribution in [-0.2, 0) is 0 Å². The van der Waals surface area contributed by atoms with Crippen molar-refractivity contribution in [1.29, 1.82) is 0 Å². The molecule has 0 unspecified atom stereocenters. The van der Waals surface area contributed by atoms with Crippen LogP contribution >= 0.6 is 0 Å². The first-order chi connectivity index (χ1) is 19.3. The van der Waals surface area contributed by atoms with Crippen molar-refractivity contribution in [3.63, 3.8) is 0 Å². The van der Waals surface area contributed by atoms with Gasteiger partial charge in [-0.15, -0.1) is 0 Å². The maximum atomic E-state index is 8.33. The summed E-state index contributed by atoms with van der Waals surface area (Å²) in [6, 6.07) is 16.6. The first-order valence-corrected chi connectivity index (χ1v) is 9.00. The van der Waals surface area contributed by atoms with Gasteiger partial charge < -0.3 is 0 Å². The van der Waals surface area contributed by atoms with Gasteiger partial charge in [0.05, 0.1) is 5.69 Å². The molecule has 0 radical (unpaired) electrons. The Labute approximate surface area is 192 Å². The number of nitrogens with zero attached hydrogens (tertiary/aromatic N) is 1. The van der Waals surface area contributed by atoms with Crippen molar-refractivity contribution in [3.05, 3.63) is 101 Å². The highest BCUT2D eigenvalue weighted by Gasteiger charge is 2.13. The Kier molecular flexibility index (Phi) is 2.41. The molecular formula is C28H27N. The Morgan fingerprint density at radius 2 is 1.34 bits per heavy atom. The summed E-state index contributed by atoms with van der Waals surface area (Å²) in [6.07, 6.45) is 1.16. The van der Waals surface area contributed by atoms with E-state index in [-0.39, 0.29) is 50.1 Å². The van der Waals surface area contributed by atoms with Crippen LogP contribution in [0, 0.1) is 34.3 Å². The molecule has 1 nitrogen and oxygen atoms in total.